The number of nitrogens with one attached hydrogen (secondary N) is 2. The second kappa shape index (κ2) is 25.3. The Morgan fingerprint density at radius 2 is 0.917 bits per heavy atom. The fourth-order valence-electron chi connectivity index (χ4n) is 15.6. The van der Waals surface area contributed by atoms with Crippen molar-refractivity contribution in [1.82, 2.24) is 19.1 Å². The molecule has 96 heavy (non-hydrogen) atoms. The van der Waals surface area contributed by atoms with Crippen molar-refractivity contribution in [3.8, 4) is 0 Å². The second-order valence-electron chi connectivity index (χ2n) is 26.7. The molecule has 0 unspecified atom stereocenters. The maximum atomic E-state index is 14.2. The minimum atomic E-state index is -7.12. The van der Waals surface area contributed by atoms with E-state index >= 15 is 0 Å². The topological polar surface area (TPSA) is 387 Å². The van der Waals surface area contributed by atoms with Crippen LogP contribution in [0.1, 0.15) is 92.9 Å². The van der Waals surface area contributed by atoms with E-state index in [1.54, 1.807) is 0 Å². The van der Waals surface area contributed by atoms with Gasteiger partial charge in [0.2, 0.25) is 0 Å². The quantitative estimate of drug-likeness (QED) is 0.0108. The zero-order valence-corrected chi connectivity index (χ0v) is 59.4. The Balaban J connectivity index is 0.953. The number of hydrogen-bond donors (Lipinski definition) is 6. The van der Waals surface area contributed by atoms with Gasteiger partial charge in [0.15, 0.2) is 0 Å². The molecule has 29 nitrogen and oxygen atoms in total. The molecule has 0 saturated heterocycles. The Hall–Kier alpha value is -7.21. The third kappa shape index (κ3) is 11.6. The summed E-state index contributed by atoms with van der Waals surface area (Å²) in [7, 11) is -26.7. The Kier molecular flexibility index (Phi) is 18.1. The average molecular weight is 1430 g/mol. The van der Waals surface area contributed by atoms with Crippen molar-refractivity contribution in [3.05, 3.63) is 130 Å². The van der Waals surface area contributed by atoms with Gasteiger partial charge in [-0.05, 0) is 0 Å². The van der Waals surface area contributed by atoms with Gasteiger partial charge in [-0.15, -0.1) is 0 Å². The van der Waals surface area contributed by atoms with Crippen LogP contribution in [0, 0.1) is 0 Å². The van der Waals surface area contributed by atoms with Crippen LogP contribution in [0.5, 0.6) is 0 Å². The molecule has 9 N–H and O–H groups in total. The van der Waals surface area contributed by atoms with Crippen molar-refractivity contribution in [2.75, 3.05) is 56.5 Å². The maximum absolute atomic E-state index is 14.2. The number of amides is 2. The van der Waals surface area contributed by atoms with E-state index in [2.05, 4.69) is 116 Å². The van der Waals surface area contributed by atoms with Crippen molar-refractivity contribution < 1.29 is 78.8 Å². The Morgan fingerprint density at radius 1 is 0.521 bits per heavy atom. The van der Waals surface area contributed by atoms with E-state index in [4.69, 9.17) is 37.7 Å². The molecule has 514 valence electrons. The van der Waals surface area contributed by atoms with E-state index in [9.17, 15) is 52.4 Å². The normalized spacial score (nSPS) is 17.4. The van der Waals surface area contributed by atoms with E-state index in [1.807, 2.05) is 48.5 Å². The molecule has 2 aromatic heterocycles. The van der Waals surface area contributed by atoms with Gasteiger partial charge in [0.05, 0.1) is 17.3 Å². The van der Waals surface area contributed by atoms with Crippen molar-refractivity contribution in [2.24, 2.45) is 37.7 Å². The third-order valence-electron chi connectivity index (χ3n) is 19.2. The fourth-order valence-corrected chi connectivity index (χ4v) is 39.5. The number of aliphatic imine (C=N–C) groups is 2. The number of rotatable bonds is 35. The van der Waals surface area contributed by atoms with Gasteiger partial charge in [0.25, 0.3) is 30.4 Å². The molecule has 0 atom stereocenters. The van der Waals surface area contributed by atoms with E-state index in [0.717, 1.165) is 43.8 Å². The number of nitrogens with zero attached hydrogens (tertiary/aromatic N) is 9. The molecule has 0 aliphatic carbocycles. The van der Waals surface area contributed by atoms with Gasteiger partial charge in [0, 0.05) is 19.3 Å². The van der Waals surface area contributed by atoms with E-state index in [1.165, 1.54) is 0 Å². The van der Waals surface area contributed by atoms with Crippen molar-refractivity contribution in [3.63, 3.8) is 0 Å². The fraction of sp³-hybridized carbons (Fsp3) is 0.426. The van der Waals surface area contributed by atoms with E-state index in [0.29, 0.717) is 90.3 Å². The zero-order chi connectivity index (χ0) is 68.3. The van der Waals surface area contributed by atoms with E-state index in [-0.39, 0.29) is 94.0 Å². The number of fused-ring (bicyclic) bond motifs is 12. The van der Waals surface area contributed by atoms with Crippen molar-refractivity contribution >= 4 is 129 Å². The summed E-state index contributed by atoms with van der Waals surface area (Å²) in [5.74, 6) is 16.0. The van der Waals surface area contributed by atoms with Gasteiger partial charge in [-0.1, -0.05) is 0 Å². The van der Waals surface area contributed by atoms with Crippen LogP contribution in [-0.4, -0.2) is 173 Å². The first kappa shape index (κ1) is 68.7. The monoisotopic (exact) mass is 1430 g/mol. The number of carbonyl (C=O) groups is 3. The summed E-state index contributed by atoms with van der Waals surface area (Å²) < 4.78 is 119. The number of nitrogens with two attached hydrogens (primary N) is 3. The SMILES string of the molecule is C[Si](C)(CCCNC(=O)CCCCC(=O)ON)O[Si-2]123(O[Si](C)(C)CCCNC(=O)CCC[N+](CCCS(=O)(=O)O)(CCCS(=O)(=O)ON)CCCS(=O)(=O)ON)n4c5c6ccccc6c4N=C4c6ccccc6C(=[N+]41)N=c1c4ccccc4c(n12)=NC1=[N+]3C(=N5)c2ccccc21. The van der Waals surface area contributed by atoms with Crippen molar-refractivity contribution in [2.45, 2.75) is 109 Å². The third-order valence-corrected chi connectivity index (χ3v) is 38.9. The summed E-state index contributed by atoms with van der Waals surface area (Å²) in [6, 6.07) is 33.4. The molecule has 0 radical (unpaired) electrons. The molecule has 6 aromatic rings. The number of carbonyl (C=O) groups excluding carboxylic acids is 3. The van der Waals surface area contributed by atoms with Gasteiger partial charge in [-0.25, -0.2) is 0 Å². The molecular weight excluding hydrogens is 1350 g/mol. The number of unbranched alkanes of at least 4 members (excludes halogenated alkanes) is 1. The first-order chi connectivity index (χ1) is 45.6. The summed E-state index contributed by atoms with van der Waals surface area (Å²) in [4.78, 5) is 66.8. The van der Waals surface area contributed by atoms with Crippen LogP contribution in [-0.2, 0) is 66.4 Å². The number of hydrogen-bond acceptors (Lipinski definition) is 21. The van der Waals surface area contributed by atoms with Gasteiger partial charge in [-0.2, -0.15) is 51.5 Å². The molecule has 35 heteroatoms. The Morgan fingerprint density at radius 3 is 1.35 bits per heavy atom. The first-order valence-corrected chi connectivity index (χ1v) is 45.8. The zero-order valence-electron chi connectivity index (χ0n) is 53.9. The number of aromatic nitrogens is 2. The Bertz CT molecular complexity index is 4670. The molecule has 6 aliphatic rings. The van der Waals surface area contributed by atoms with Crippen LogP contribution >= 0.6 is 0 Å². The van der Waals surface area contributed by atoms with Gasteiger partial charge in [0.1, 0.15) is 0 Å². The summed E-state index contributed by atoms with van der Waals surface area (Å²) in [6.07, 6.45) is 2.31. The molecular formula is C61H81N14O15S3Si3+. The summed E-state index contributed by atoms with van der Waals surface area (Å²) in [5.41, 5.74) is 4.40. The van der Waals surface area contributed by atoms with Crippen LogP contribution in [0.4, 0.5) is 11.6 Å². The first-order valence-electron chi connectivity index (χ1n) is 32.2. The molecule has 1 spiro atoms. The average Bonchev–Trinajstić information content (AvgIpc) is 1.24. The van der Waals surface area contributed by atoms with Gasteiger partial charge in [-0.3, -0.25) is 9.35 Å². The second-order valence-corrected chi connectivity index (χ2v) is 46.0. The number of amidine groups is 4. The van der Waals surface area contributed by atoms with Crippen LogP contribution < -0.4 is 39.3 Å². The molecule has 0 saturated carbocycles. The molecule has 4 aromatic carbocycles. The molecule has 0 bridgehead atoms. The molecule has 6 aliphatic heterocycles. The summed E-state index contributed by atoms with van der Waals surface area (Å²) >= 11 is 0. The van der Waals surface area contributed by atoms with Crippen molar-refractivity contribution in [1.29, 1.82) is 0 Å². The number of quaternary nitrogens is 1. The Labute approximate surface area is 557 Å². The summed E-state index contributed by atoms with van der Waals surface area (Å²) in [6.45, 7) is 9.78. The van der Waals surface area contributed by atoms with Crippen LogP contribution in [0.15, 0.2) is 117 Å². The van der Waals surface area contributed by atoms with Crippen LogP contribution in [0.3, 0.4) is 0 Å². The van der Waals surface area contributed by atoms with Gasteiger partial charge < -0.3 is 4.84 Å². The molecule has 2 amide bonds. The van der Waals surface area contributed by atoms with Gasteiger partial charge >= 0.3 is 428 Å². The predicted octanol–water partition coefficient (Wildman–Crippen LogP) is 3.85. The standard InChI is InChI=1S/C61H80N14O15S3Si3/c1-94(2,41-16-32-65-51(76)29-13-14-31-53(78)86-62)89-96(90-95(3,4)42-17-33-66-52(77)30-15-34-75(35-18-38-91(79,80)81,36-19-39-92(82,83)87-63)37-20-40-93(84,85)88-64)71-54-43-21-5-6-22-44(43)55(71)68-57-47-25-9-10-26-48(47)59(73(57)96)70-61-50-28-12-11-27-49(50)60(74(61)96)69-58-46-24-8-7-23-45(46)56(67-54)72(58)96/h5-12,21-28H,13-20,29-42,62-64H2,1-4H3,(H2-,65,66,76,77,79,80,81)/p+1. The molecule has 12 rings (SSSR count). The predicted molar refractivity (Wildman–Crippen MR) is 365 cm³/mol. The van der Waals surface area contributed by atoms with Crippen LogP contribution in [0.2, 0.25) is 38.3 Å². The molecule has 8 heterocycles. The van der Waals surface area contributed by atoms with E-state index < -0.39 is 78.0 Å². The minimum absolute atomic E-state index is 0.00756. The van der Waals surface area contributed by atoms with Crippen LogP contribution in [0.25, 0.3) is 21.5 Å². The molecule has 0 fully saturated rings. The number of benzene rings is 4. The summed E-state index contributed by atoms with van der Waals surface area (Å²) in [5, 5.41) is 9.52.